The zero-order chi connectivity index (χ0) is 24.7. The van der Waals surface area contributed by atoms with Gasteiger partial charge in [-0.1, -0.05) is 63.7 Å². The van der Waals surface area contributed by atoms with Gasteiger partial charge in [-0.2, -0.15) is 4.98 Å². The number of carbonyl (C=O) groups is 1. The van der Waals surface area contributed by atoms with Crippen LogP contribution in [0.4, 0.5) is 5.95 Å². The summed E-state index contributed by atoms with van der Waals surface area (Å²) in [6, 6.07) is 9.26. The van der Waals surface area contributed by atoms with E-state index >= 15 is 0 Å². The molecule has 180 valence electrons. The Morgan fingerprint density at radius 1 is 1.12 bits per heavy atom. The lowest BCUT2D eigenvalue weighted by Gasteiger charge is -2.39. The van der Waals surface area contributed by atoms with Gasteiger partial charge in [0.15, 0.2) is 0 Å². The highest BCUT2D eigenvalue weighted by Crippen LogP contribution is 2.40. The lowest BCUT2D eigenvalue weighted by molar-refractivity contribution is -0.117. The normalized spacial score (nSPS) is 19.2. The van der Waals surface area contributed by atoms with Gasteiger partial charge in [-0.15, -0.1) is 0 Å². The third-order valence-corrected chi connectivity index (χ3v) is 13.4. The lowest BCUT2D eigenvalue weighted by atomic mass is 9.87. The number of hydrogen-bond donors (Lipinski definition) is 2. The number of aromatic nitrogens is 3. The first kappa shape index (κ1) is 24.6. The lowest BCUT2D eigenvalue weighted by Crippen LogP contribution is -2.50. The van der Waals surface area contributed by atoms with Gasteiger partial charge in [0.05, 0.1) is 0 Å². The standard InChI is InChI=1S/C26H33ClN4O2Si/c1-26(2,3)34(4,5)24(33)16-10-12-18(13-11-16)29-25-28-15-17-14-20(23(32)30-22(17)31-25)19-8-6-7-9-21(19)27/h6-9,14-16,18H,10-13H2,1-5H3,(H2,28,29,30,31,32). The van der Waals surface area contributed by atoms with Crippen LogP contribution in [0, 0.1) is 5.92 Å². The summed E-state index contributed by atoms with van der Waals surface area (Å²) in [5.41, 5.74) is 1.42. The highest BCUT2D eigenvalue weighted by molar-refractivity contribution is 7.06. The fourth-order valence-electron chi connectivity index (χ4n) is 4.50. The van der Waals surface area contributed by atoms with E-state index in [0.29, 0.717) is 33.2 Å². The predicted molar refractivity (Wildman–Crippen MR) is 142 cm³/mol. The number of carbonyl (C=O) groups excluding carboxylic acids is 1. The van der Waals surface area contributed by atoms with Crippen molar-refractivity contribution in [1.29, 1.82) is 0 Å². The van der Waals surface area contributed by atoms with E-state index in [9.17, 15) is 9.59 Å². The summed E-state index contributed by atoms with van der Waals surface area (Å²) in [6.45, 7) is 11.0. The molecule has 6 nitrogen and oxygen atoms in total. The van der Waals surface area contributed by atoms with E-state index in [-0.39, 0.29) is 22.6 Å². The van der Waals surface area contributed by atoms with Crippen molar-refractivity contribution in [3.8, 4) is 11.1 Å². The van der Waals surface area contributed by atoms with Crippen LogP contribution in [-0.2, 0) is 4.79 Å². The molecule has 0 aliphatic heterocycles. The van der Waals surface area contributed by atoms with Gasteiger partial charge in [0, 0.05) is 39.7 Å². The Balaban J connectivity index is 1.46. The minimum Gasteiger partial charge on any atom is -0.351 e. The Kier molecular flexibility index (Phi) is 6.71. The maximum atomic E-state index is 13.2. The van der Waals surface area contributed by atoms with Gasteiger partial charge >= 0.3 is 0 Å². The van der Waals surface area contributed by atoms with Gasteiger partial charge in [0.1, 0.15) is 19.1 Å². The second-order valence-electron chi connectivity index (χ2n) is 10.9. The van der Waals surface area contributed by atoms with Crippen LogP contribution in [0.1, 0.15) is 46.5 Å². The third-order valence-electron chi connectivity index (χ3n) is 7.68. The Hall–Kier alpha value is -2.51. The van der Waals surface area contributed by atoms with Crippen molar-refractivity contribution in [2.24, 2.45) is 5.92 Å². The number of fused-ring (bicyclic) bond motifs is 1. The molecule has 0 atom stereocenters. The smallest absolute Gasteiger partial charge is 0.257 e. The first-order chi connectivity index (χ1) is 16.0. The van der Waals surface area contributed by atoms with Crippen molar-refractivity contribution < 1.29 is 4.79 Å². The molecule has 0 amide bonds. The molecule has 2 heterocycles. The van der Waals surface area contributed by atoms with Crippen molar-refractivity contribution in [2.45, 2.75) is 70.6 Å². The van der Waals surface area contributed by atoms with Crippen LogP contribution >= 0.6 is 11.6 Å². The third kappa shape index (κ3) is 4.82. The van der Waals surface area contributed by atoms with Crippen LogP contribution in [0.5, 0.6) is 0 Å². The van der Waals surface area contributed by atoms with Crippen molar-refractivity contribution in [2.75, 3.05) is 5.32 Å². The summed E-state index contributed by atoms with van der Waals surface area (Å²) in [7, 11) is -1.99. The molecule has 0 unspecified atom stereocenters. The number of hydrogen-bond acceptors (Lipinski definition) is 5. The van der Waals surface area contributed by atoms with E-state index in [1.807, 2.05) is 18.2 Å². The summed E-state index contributed by atoms with van der Waals surface area (Å²) < 4.78 is 0. The number of aromatic amines is 1. The summed E-state index contributed by atoms with van der Waals surface area (Å²) in [5, 5.41) is 5.25. The quantitative estimate of drug-likeness (QED) is 0.409. The summed E-state index contributed by atoms with van der Waals surface area (Å²) >= 11 is 6.28. The van der Waals surface area contributed by atoms with E-state index in [1.165, 1.54) is 0 Å². The van der Waals surface area contributed by atoms with E-state index in [4.69, 9.17) is 11.6 Å². The van der Waals surface area contributed by atoms with Crippen LogP contribution in [-0.4, -0.2) is 34.5 Å². The first-order valence-electron chi connectivity index (χ1n) is 11.9. The maximum absolute atomic E-state index is 13.2. The molecule has 0 spiro atoms. The van der Waals surface area contributed by atoms with E-state index < -0.39 is 8.07 Å². The molecule has 1 fully saturated rings. The number of nitrogens with one attached hydrogen (secondary N) is 2. The molecule has 8 heteroatoms. The van der Waals surface area contributed by atoms with Crippen LogP contribution in [0.2, 0.25) is 23.2 Å². The Labute approximate surface area is 206 Å². The molecule has 1 aliphatic carbocycles. The van der Waals surface area contributed by atoms with E-state index in [0.717, 1.165) is 31.1 Å². The molecule has 3 aromatic rings. The highest BCUT2D eigenvalue weighted by atomic mass is 35.5. The van der Waals surface area contributed by atoms with Crippen LogP contribution in [0.25, 0.3) is 22.2 Å². The average molecular weight is 497 g/mol. The average Bonchev–Trinajstić information content (AvgIpc) is 2.78. The first-order valence-corrected chi connectivity index (χ1v) is 15.3. The summed E-state index contributed by atoms with van der Waals surface area (Å²) in [6.07, 6.45) is 5.33. The SMILES string of the molecule is CC(C)(C)[Si](C)(C)C(=O)C1CCC(Nc2ncc3cc(-c4ccccc4Cl)c(=O)[nH]c3n2)CC1. The van der Waals surface area contributed by atoms with Crippen LogP contribution < -0.4 is 10.9 Å². The second kappa shape index (κ2) is 9.27. The van der Waals surface area contributed by atoms with E-state index in [1.54, 1.807) is 18.3 Å². The molecule has 1 aromatic carbocycles. The van der Waals surface area contributed by atoms with Gasteiger partial charge in [0.25, 0.3) is 5.56 Å². The molecule has 0 bridgehead atoms. The van der Waals surface area contributed by atoms with Gasteiger partial charge in [-0.25, -0.2) is 4.98 Å². The number of pyridine rings is 1. The molecule has 4 rings (SSSR count). The summed E-state index contributed by atoms with van der Waals surface area (Å²) in [4.78, 5) is 37.8. The topological polar surface area (TPSA) is 87.7 Å². The molecule has 1 saturated carbocycles. The van der Waals surface area contributed by atoms with Gasteiger partial charge in [-0.3, -0.25) is 4.79 Å². The fourth-order valence-corrected chi connectivity index (χ4v) is 6.79. The zero-order valence-electron chi connectivity index (χ0n) is 20.5. The van der Waals surface area contributed by atoms with Crippen molar-refractivity contribution in [1.82, 2.24) is 15.0 Å². The predicted octanol–water partition coefficient (Wildman–Crippen LogP) is 6.23. The minimum absolute atomic E-state index is 0.0702. The number of benzene rings is 1. The zero-order valence-corrected chi connectivity index (χ0v) is 22.3. The molecule has 0 radical (unpaired) electrons. The molecular formula is C26H33ClN4O2Si. The second-order valence-corrected chi connectivity index (χ2v) is 16.6. The van der Waals surface area contributed by atoms with Crippen molar-refractivity contribution in [3.05, 3.63) is 51.9 Å². The number of halogens is 1. The largest absolute Gasteiger partial charge is 0.351 e. The van der Waals surface area contributed by atoms with Crippen molar-refractivity contribution >= 4 is 42.1 Å². The molecule has 34 heavy (non-hydrogen) atoms. The Morgan fingerprint density at radius 2 is 1.79 bits per heavy atom. The molecular weight excluding hydrogens is 464 g/mol. The molecule has 1 aliphatic rings. The van der Waals surface area contributed by atoms with Gasteiger partial charge < -0.3 is 15.1 Å². The summed E-state index contributed by atoms with van der Waals surface area (Å²) in [5.74, 6) is 0.656. The maximum Gasteiger partial charge on any atom is 0.257 e. The minimum atomic E-state index is -1.99. The monoisotopic (exact) mass is 496 g/mol. The van der Waals surface area contributed by atoms with E-state index in [2.05, 4.69) is 54.1 Å². The molecule has 2 aromatic heterocycles. The molecule has 0 saturated heterocycles. The Morgan fingerprint density at radius 3 is 2.44 bits per heavy atom. The molecule has 2 N–H and O–H groups in total. The Bertz CT molecular complexity index is 1270. The van der Waals surface area contributed by atoms with Crippen LogP contribution in [0.3, 0.4) is 0 Å². The number of rotatable bonds is 5. The van der Waals surface area contributed by atoms with Crippen molar-refractivity contribution in [3.63, 3.8) is 0 Å². The van der Waals surface area contributed by atoms with Gasteiger partial charge in [0.2, 0.25) is 5.95 Å². The highest BCUT2D eigenvalue weighted by Gasteiger charge is 2.45. The number of nitrogens with zero attached hydrogens (tertiary/aromatic N) is 2. The van der Waals surface area contributed by atoms with Crippen LogP contribution in [0.15, 0.2) is 41.3 Å². The van der Waals surface area contributed by atoms with Gasteiger partial charge in [-0.05, 0) is 42.9 Å². The number of H-pyrrole nitrogens is 1. The fraction of sp³-hybridized carbons (Fsp3) is 0.462. The number of anilines is 1.